The highest BCUT2D eigenvalue weighted by Crippen LogP contribution is 2.18. The van der Waals surface area contributed by atoms with Crippen LogP contribution in [0.25, 0.3) is 0 Å². The van der Waals surface area contributed by atoms with E-state index in [0.717, 1.165) is 11.4 Å². The second kappa shape index (κ2) is 5.90. The molecular formula is C14H19N3O3. The van der Waals surface area contributed by atoms with Gasteiger partial charge in [-0.05, 0) is 13.3 Å². The third-order valence-electron chi connectivity index (χ3n) is 3.35. The Balaban J connectivity index is 2.24. The van der Waals surface area contributed by atoms with Crippen LogP contribution in [0.15, 0.2) is 12.1 Å². The van der Waals surface area contributed by atoms with Crippen molar-refractivity contribution in [3.63, 3.8) is 0 Å². The first-order valence-electron chi connectivity index (χ1n) is 6.64. The van der Waals surface area contributed by atoms with Gasteiger partial charge < -0.3 is 15.0 Å². The molecule has 0 radical (unpaired) electrons. The highest BCUT2D eigenvalue weighted by Gasteiger charge is 2.33. The summed E-state index contributed by atoms with van der Waals surface area (Å²) in [6, 6.07) is 3.19. The minimum atomic E-state index is -0.426. The molecular weight excluding hydrogens is 258 g/mol. The van der Waals surface area contributed by atoms with Gasteiger partial charge in [-0.2, -0.15) is 0 Å². The number of methoxy groups -OCH3 is 1. The molecule has 1 aromatic heterocycles. The lowest BCUT2D eigenvalue weighted by atomic mass is 10.1. The third kappa shape index (κ3) is 2.89. The number of hydrogen-bond donors (Lipinski definition) is 1. The number of aryl methyl sites for hydroxylation is 1. The number of piperazine rings is 1. The first-order chi connectivity index (χ1) is 9.55. The molecule has 1 aliphatic rings. The minimum absolute atomic E-state index is 0.0539. The van der Waals surface area contributed by atoms with Crippen LogP contribution >= 0.6 is 0 Å². The van der Waals surface area contributed by atoms with Crippen molar-refractivity contribution in [2.75, 3.05) is 13.7 Å². The van der Waals surface area contributed by atoms with Gasteiger partial charge in [0.05, 0.1) is 25.9 Å². The molecule has 1 aliphatic heterocycles. The Morgan fingerprint density at radius 3 is 2.85 bits per heavy atom. The van der Waals surface area contributed by atoms with Gasteiger partial charge >= 0.3 is 0 Å². The molecule has 1 aromatic rings. The van der Waals surface area contributed by atoms with E-state index in [1.165, 1.54) is 0 Å². The molecule has 108 valence electrons. The van der Waals surface area contributed by atoms with E-state index in [9.17, 15) is 9.59 Å². The van der Waals surface area contributed by atoms with Crippen molar-refractivity contribution >= 4 is 11.8 Å². The topological polar surface area (TPSA) is 71.5 Å². The number of carbonyl (C=O) groups excluding carboxylic acids is 2. The summed E-state index contributed by atoms with van der Waals surface area (Å²) in [5.74, 6) is 0.514. The Morgan fingerprint density at radius 1 is 1.45 bits per heavy atom. The summed E-state index contributed by atoms with van der Waals surface area (Å²) in [5, 5.41) is 2.61. The van der Waals surface area contributed by atoms with Gasteiger partial charge in [-0.15, -0.1) is 0 Å². The largest absolute Gasteiger partial charge is 0.497 e. The van der Waals surface area contributed by atoms with Gasteiger partial charge in [0.2, 0.25) is 11.8 Å². The molecule has 1 fully saturated rings. The first-order valence-corrected chi connectivity index (χ1v) is 6.64. The van der Waals surface area contributed by atoms with Crippen LogP contribution in [-0.4, -0.2) is 41.4 Å². The number of pyridine rings is 1. The summed E-state index contributed by atoms with van der Waals surface area (Å²) in [6.07, 6.45) is 0.584. The predicted molar refractivity (Wildman–Crippen MR) is 73.2 cm³/mol. The van der Waals surface area contributed by atoms with Crippen LogP contribution in [-0.2, 0) is 16.1 Å². The van der Waals surface area contributed by atoms with E-state index < -0.39 is 6.04 Å². The molecule has 0 aliphatic carbocycles. The van der Waals surface area contributed by atoms with Gasteiger partial charge in [0.1, 0.15) is 11.8 Å². The lowest BCUT2D eigenvalue weighted by Gasteiger charge is -2.34. The number of nitrogens with zero attached hydrogens (tertiary/aromatic N) is 2. The zero-order chi connectivity index (χ0) is 14.7. The Bertz CT molecular complexity index is 530. The lowest BCUT2D eigenvalue weighted by molar-refractivity contribution is -0.146. The van der Waals surface area contributed by atoms with Crippen LogP contribution in [0.4, 0.5) is 0 Å². The van der Waals surface area contributed by atoms with Gasteiger partial charge in [0.25, 0.3) is 0 Å². The molecule has 2 heterocycles. The first kappa shape index (κ1) is 14.3. The van der Waals surface area contributed by atoms with E-state index in [1.807, 2.05) is 19.9 Å². The normalized spacial score (nSPS) is 18.9. The standard InChI is InChI=1S/C14H19N3O3/c1-4-12-14(19)15-7-13(18)17(12)8-10-6-11(20-3)5-9(2)16-10/h5-6,12H,4,7-8H2,1-3H3,(H,15,19). The maximum atomic E-state index is 12.0. The van der Waals surface area contributed by atoms with Crippen molar-refractivity contribution in [1.29, 1.82) is 0 Å². The number of amides is 2. The maximum absolute atomic E-state index is 12.0. The lowest BCUT2D eigenvalue weighted by Crippen LogP contribution is -2.57. The Labute approximate surface area is 118 Å². The van der Waals surface area contributed by atoms with Crippen LogP contribution in [0.3, 0.4) is 0 Å². The number of ether oxygens (including phenoxy) is 1. The zero-order valence-electron chi connectivity index (χ0n) is 12.0. The summed E-state index contributed by atoms with van der Waals surface area (Å²) in [6.45, 7) is 4.13. The molecule has 0 saturated carbocycles. The van der Waals surface area contributed by atoms with E-state index in [4.69, 9.17) is 4.74 Å². The van der Waals surface area contributed by atoms with Crippen LogP contribution < -0.4 is 10.1 Å². The quantitative estimate of drug-likeness (QED) is 0.876. The Kier molecular flexibility index (Phi) is 4.22. The number of rotatable bonds is 4. The van der Waals surface area contributed by atoms with Crippen molar-refractivity contribution in [2.24, 2.45) is 0 Å². The highest BCUT2D eigenvalue weighted by molar-refractivity contribution is 5.94. The van der Waals surface area contributed by atoms with Crippen LogP contribution in [0, 0.1) is 6.92 Å². The monoisotopic (exact) mass is 277 g/mol. The number of hydrogen-bond acceptors (Lipinski definition) is 4. The average molecular weight is 277 g/mol. The van der Waals surface area contributed by atoms with Gasteiger partial charge in [-0.3, -0.25) is 14.6 Å². The fraction of sp³-hybridized carbons (Fsp3) is 0.500. The highest BCUT2D eigenvalue weighted by atomic mass is 16.5. The average Bonchev–Trinajstić information content (AvgIpc) is 2.42. The molecule has 2 amide bonds. The number of aromatic nitrogens is 1. The van der Waals surface area contributed by atoms with E-state index >= 15 is 0 Å². The van der Waals surface area contributed by atoms with Crippen molar-refractivity contribution < 1.29 is 14.3 Å². The fourth-order valence-electron chi connectivity index (χ4n) is 2.38. The molecule has 20 heavy (non-hydrogen) atoms. The molecule has 0 bridgehead atoms. The summed E-state index contributed by atoms with van der Waals surface area (Å²) < 4.78 is 5.20. The summed E-state index contributed by atoms with van der Waals surface area (Å²) in [7, 11) is 1.59. The molecule has 1 saturated heterocycles. The van der Waals surface area contributed by atoms with Crippen molar-refractivity contribution in [1.82, 2.24) is 15.2 Å². The van der Waals surface area contributed by atoms with Gasteiger partial charge in [-0.1, -0.05) is 6.92 Å². The van der Waals surface area contributed by atoms with Crippen molar-refractivity contribution in [3.8, 4) is 5.75 Å². The Hall–Kier alpha value is -2.11. The molecule has 1 N–H and O–H groups in total. The summed E-state index contributed by atoms with van der Waals surface area (Å²) in [5.41, 5.74) is 1.55. The molecule has 6 heteroatoms. The predicted octanol–water partition coefficient (Wildman–Crippen LogP) is 0.636. The maximum Gasteiger partial charge on any atom is 0.243 e. The van der Waals surface area contributed by atoms with E-state index in [0.29, 0.717) is 18.7 Å². The molecule has 0 aromatic carbocycles. The van der Waals surface area contributed by atoms with Crippen molar-refractivity contribution in [3.05, 3.63) is 23.5 Å². The molecule has 1 unspecified atom stereocenters. The number of nitrogens with one attached hydrogen (secondary N) is 1. The van der Waals surface area contributed by atoms with Crippen LogP contribution in [0.1, 0.15) is 24.7 Å². The van der Waals surface area contributed by atoms with Gasteiger partial charge in [0.15, 0.2) is 0 Å². The minimum Gasteiger partial charge on any atom is -0.497 e. The van der Waals surface area contributed by atoms with Crippen molar-refractivity contribution in [2.45, 2.75) is 32.9 Å². The molecule has 0 spiro atoms. The number of carbonyl (C=O) groups is 2. The molecule has 6 nitrogen and oxygen atoms in total. The second-order valence-corrected chi connectivity index (χ2v) is 4.80. The second-order valence-electron chi connectivity index (χ2n) is 4.80. The smallest absolute Gasteiger partial charge is 0.243 e. The molecule has 1 atom stereocenters. The fourth-order valence-corrected chi connectivity index (χ4v) is 2.38. The van der Waals surface area contributed by atoms with Crippen LogP contribution in [0.5, 0.6) is 5.75 Å². The summed E-state index contributed by atoms with van der Waals surface area (Å²) in [4.78, 5) is 29.8. The van der Waals surface area contributed by atoms with E-state index in [1.54, 1.807) is 18.1 Å². The Morgan fingerprint density at radius 2 is 2.20 bits per heavy atom. The molecule has 2 rings (SSSR count). The third-order valence-corrected chi connectivity index (χ3v) is 3.35. The van der Waals surface area contributed by atoms with E-state index in [-0.39, 0.29) is 18.4 Å². The van der Waals surface area contributed by atoms with Gasteiger partial charge in [0, 0.05) is 17.8 Å². The zero-order valence-corrected chi connectivity index (χ0v) is 12.0. The SMILES string of the molecule is CCC1C(=O)NCC(=O)N1Cc1cc(OC)cc(C)n1. The summed E-state index contributed by atoms with van der Waals surface area (Å²) >= 11 is 0. The van der Waals surface area contributed by atoms with E-state index in [2.05, 4.69) is 10.3 Å². The van der Waals surface area contributed by atoms with Crippen LogP contribution in [0.2, 0.25) is 0 Å². The van der Waals surface area contributed by atoms with Gasteiger partial charge in [-0.25, -0.2) is 0 Å².